The second-order valence-corrected chi connectivity index (χ2v) is 10.3. The lowest BCUT2D eigenvalue weighted by Gasteiger charge is -2.38. The van der Waals surface area contributed by atoms with Crippen LogP contribution in [0.5, 0.6) is 0 Å². The molecule has 2 heterocycles. The van der Waals surface area contributed by atoms with Gasteiger partial charge in [0.05, 0.1) is 11.7 Å². The van der Waals surface area contributed by atoms with E-state index in [1.807, 2.05) is 4.68 Å². The van der Waals surface area contributed by atoms with Crippen LogP contribution in [0.25, 0.3) is 22.5 Å². The molecule has 196 valence electrons. The summed E-state index contributed by atoms with van der Waals surface area (Å²) in [6.45, 7) is 9.07. The minimum absolute atomic E-state index is 0.0503. The molecule has 4 aromatic carbocycles. The molecule has 0 aliphatic carbocycles. The Morgan fingerprint density at radius 3 is 2.26 bits per heavy atom. The van der Waals surface area contributed by atoms with Gasteiger partial charge in [0.25, 0.3) is 0 Å². The van der Waals surface area contributed by atoms with E-state index in [2.05, 4.69) is 142 Å². The molecule has 1 atom stereocenters. The van der Waals surface area contributed by atoms with Gasteiger partial charge in [-0.1, -0.05) is 97.1 Å². The van der Waals surface area contributed by atoms with E-state index in [1.165, 1.54) is 21.9 Å². The molecule has 6 heteroatoms. The molecule has 0 saturated carbocycles. The van der Waals surface area contributed by atoms with Gasteiger partial charge in [0.1, 0.15) is 0 Å². The van der Waals surface area contributed by atoms with Crippen LogP contribution in [0, 0.1) is 13.8 Å². The Morgan fingerprint density at radius 1 is 0.769 bits per heavy atom. The summed E-state index contributed by atoms with van der Waals surface area (Å²) in [5.41, 5.74) is 5.85. The molecule has 5 aromatic rings. The Kier molecular flexibility index (Phi) is 7.30. The molecule has 6 rings (SSSR count). The summed E-state index contributed by atoms with van der Waals surface area (Å²) < 4.78 is 1.96. The van der Waals surface area contributed by atoms with Crippen molar-refractivity contribution in [2.75, 3.05) is 32.7 Å². The van der Waals surface area contributed by atoms with E-state index in [4.69, 9.17) is 0 Å². The lowest BCUT2D eigenvalue weighted by atomic mass is 9.99. The summed E-state index contributed by atoms with van der Waals surface area (Å²) in [6.07, 6.45) is 4.48. The monoisotopic (exact) mass is 514 g/mol. The van der Waals surface area contributed by atoms with Crippen LogP contribution in [0.2, 0.25) is 0 Å². The number of aryl methyl sites for hydroxylation is 2. The van der Waals surface area contributed by atoms with Crippen LogP contribution in [0.3, 0.4) is 0 Å². The van der Waals surface area contributed by atoms with Gasteiger partial charge in [-0.2, -0.15) is 4.68 Å². The molecule has 0 unspecified atom stereocenters. The maximum absolute atomic E-state index is 4.64. The molecule has 39 heavy (non-hydrogen) atoms. The fourth-order valence-corrected chi connectivity index (χ4v) is 5.67. The van der Waals surface area contributed by atoms with Gasteiger partial charge in [0.15, 0.2) is 5.82 Å². The molecule has 6 nitrogen and oxygen atoms in total. The first-order chi connectivity index (χ1) is 19.2. The maximum atomic E-state index is 4.64. The van der Waals surface area contributed by atoms with Crippen molar-refractivity contribution in [3.05, 3.63) is 125 Å². The standard InChI is InChI=1S/C33H34N6/c1-25-10-8-11-26(2)31(25)39-33(34-35-36-39)32(30-18-17-28-15-6-7-16-29(28)24-30)38-22-20-37(21-23-38)19-9-14-27-12-4-3-5-13-27/h3-18,24,32H,19-23H2,1-2H3/t32-/m1/s1. The zero-order chi connectivity index (χ0) is 26.6. The van der Waals surface area contributed by atoms with E-state index in [0.29, 0.717) is 0 Å². The molecule has 1 fully saturated rings. The molecular weight excluding hydrogens is 480 g/mol. The quantitative estimate of drug-likeness (QED) is 0.273. The zero-order valence-corrected chi connectivity index (χ0v) is 22.6. The first kappa shape index (κ1) is 25.2. The van der Waals surface area contributed by atoms with Crippen LogP contribution in [0.1, 0.15) is 34.1 Å². The van der Waals surface area contributed by atoms with E-state index >= 15 is 0 Å². The molecule has 0 spiro atoms. The third kappa shape index (κ3) is 5.39. The van der Waals surface area contributed by atoms with E-state index in [0.717, 1.165) is 55.4 Å². The van der Waals surface area contributed by atoms with Gasteiger partial charge in [-0.15, -0.1) is 5.10 Å². The van der Waals surface area contributed by atoms with Gasteiger partial charge in [0, 0.05) is 32.7 Å². The second-order valence-electron chi connectivity index (χ2n) is 10.3. The average Bonchev–Trinajstić information content (AvgIpc) is 3.43. The Labute approximate surface area is 230 Å². The summed E-state index contributed by atoms with van der Waals surface area (Å²) in [5, 5.41) is 15.8. The van der Waals surface area contributed by atoms with E-state index in [-0.39, 0.29) is 6.04 Å². The predicted octanol–water partition coefficient (Wildman–Crippen LogP) is 5.85. The van der Waals surface area contributed by atoms with Crippen LogP contribution >= 0.6 is 0 Å². The van der Waals surface area contributed by atoms with Gasteiger partial charge < -0.3 is 0 Å². The Balaban J connectivity index is 1.30. The Bertz CT molecular complexity index is 1560. The van der Waals surface area contributed by atoms with Crippen molar-refractivity contribution in [1.82, 2.24) is 30.0 Å². The lowest BCUT2D eigenvalue weighted by Crippen LogP contribution is -2.48. The Hall–Kier alpha value is -4.13. The summed E-state index contributed by atoms with van der Waals surface area (Å²) in [6, 6.07) is 32.1. The molecule has 0 N–H and O–H groups in total. The highest BCUT2D eigenvalue weighted by molar-refractivity contribution is 5.83. The van der Waals surface area contributed by atoms with Gasteiger partial charge >= 0.3 is 0 Å². The van der Waals surface area contributed by atoms with Crippen molar-refractivity contribution in [3.8, 4) is 5.69 Å². The normalized spacial score (nSPS) is 15.7. The molecule has 1 aliphatic heterocycles. The molecular formula is C33H34N6. The summed E-state index contributed by atoms with van der Waals surface area (Å²) in [5.74, 6) is 0.861. The van der Waals surface area contributed by atoms with Gasteiger partial charge in [0.2, 0.25) is 0 Å². The van der Waals surface area contributed by atoms with Crippen molar-refractivity contribution in [2.24, 2.45) is 0 Å². The smallest absolute Gasteiger partial charge is 0.178 e. The number of hydrogen-bond acceptors (Lipinski definition) is 5. The largest absolute Gasteiger partial charge is 0.297 e. The van der Waals surface area contributed by atoms with Gasteiger partial charge in [-0.3, -0.25) is 9.80 Å². The number of rotatable bonds is 7. The first-order valence-corrected chi connectivity index (χ1v) is 13.7. The van der Waals surface area contributed by atoms with Crippen molar-refractivity contribution < 1.29 is 0 Å². The number of para-hydroxylation sites is 1. The summed E-state index contributed by atoms with van der Waals surface area (Å²) in [4.78, 5) is 5.05. The van der Waals surface area contributed by atoms with Crippen LogP contribution in [0.4, 0.5) is 0 Å². The lowest BCUT2D eigenvalue weighted by molar-refractivity contribution is 0.113. The van der Waals surface area contributed by atoms with Crippen molar-refractivity contribution in [3.63, 3.8) is 0 Å². The SMILES string of the molecule is Cc1cccc(C)c1-n1nnnc1[C@@H](c1ccc2ccccc2c1)N1CCN(CC=Cc2ccccc2)CC1. The molecule has 1 aromatic heterocycles. The summed E-state index contributed by atoms with van der Waals surface area (Å²) in [7, 11) is 0. The minimum atomic E-state index is -0.0503. The Morgan fingerprint density at radius 2 is 1.49 bits per heavy atom. The van der Waals surface area contributed by atoms with E-state index < -0.39 is 0 Å². The van der Waals surface area contributed by atoms with E-state index in [9.17, 15) is 0 Å². The number of nitrogens with zero attached hydrogens (tertiary/aromatic N) is 6. The topological polar surface area (TPSA) is 50.1 Å². The highest BCUT2D eigenvalue weighted by Gasteiger charge is 2.31. The fraction of sp³-hybridized carbons (Fsp3) is 0.242. The van der Waals surface area contributed by atoms with Crippen LogP contribution < -0.4 is 0 Å². The number of hydrogen-bond donors (Lipinski definition) is 0. The number of tetrazole rings is 1. The molecule has 0 amide bonds. The van der Waals surface area contributed by atoms with Gasteiger partial charge in [-0.25, -0.2) is 0 Å². The molecule has 0 bridgehead atoms. The van der Waals surface area contributed by atoms with Crippen molar-refractivity contribution >= 4 is 16.8 Å². The van der Waals surface area contributed by atoms with E-state index in [1.54, 1.807) is 0 Å². The van der Waals surface area contributed by atoms with Gasteiger partial charge in [-0.05, 0) is 63.4 Å². The minimum Gasteiger partial charge on any atom is -0.297 e. The number of aromatic nitrogens is 4. The number of piperazine rings is 1. The second kappa shape index (κ2) is 11.3. The predicted molar refractivity (Wildman–Crippen MR) is 158 cm³/mol. The molecule has 1 aliphatic rings. The number of fused-ring (bicyclic) bond motifs is 1. The maximum Gasteiger partial charge on any atom is 0.178 e. The number of benzene rings is 4. The van der Waals surface area contributed by atoms with Crippen molar-refractivity contribution in [2.45, 2.75) is 19.9 Å². The summed E-state index contributed by atoms with van der Waals surface area (Å²) >= 11 is 0. The van der Waals surface area contributed by atoms with Crippen LogP contribution in [0.15, 0.2) is 97.1 Å². The average molecular weight is 515 g/mol. The third-order valence-electron chi connectivity index (χ3n) is 7.72. The highest BCUT2D eigenvalue weighted by Crippen LogP contribution is 2.32. The van der Waals surface area contributed by atoms with Crippen LogP contribution in [-0.2, 0) is 0 Å². The molecule has 1 saturated heterocycles. The molecule has 0 radical (unpaired) electrons. The third-order valence-corrected chi connectivity index (χ3v) is 7.72. The first-order valence-electron chi connectivity index (χ1n) is 13.7. The van der Waals surface area contributed by atoms with Crippen LogP contribution in [-0.4, -0.2) is 62.7 Å². The van der Waals surface area contributed by atoms with Crippen molar-refractivity contribution in [1.29, 1.82) is 0 Å². The fourth-order valence-electron chi connectivity index (χ4n) is 5.67. The highest BCUT2D eigenvalue weighted by atomic mass is 15.6. The zero-order valence-electron chi connectivity index (χ0n) is 22.6.